The molecule has 0 saturated carbocycles. The van der Waals surface area contributed by atoms with Crippen LogP contribution in [0.5, 0.6) is 0 Å². The number of anilines is 1. The van der Waals surface area contributed by atoms with E-state index in [1.807, 2.05) is 0 Å². The van der Waals surface area contributed by atoms with E-state index in [0.29, 0.717) is 21.3 Å². The van der Waals surface area contributed by atoms with E-state index in [1.54, 1.807) is 30.9 Å². The van der Waals surface area contributed by atoms with Gasteiger partial charge in [-0.1, -0.05) is 0 Å². The first-order chi connectivity index (χ1) is 8.47. The van der Waals surface area contributed by atoms with Crippen molar-refractivity contribution in [3.63, 3.8) is 0 Å². The summed E-state index contributed by atoms with van der Waals surface area (Å²) < 4.78 is 15.1. The topological polar surface area (TPSA) is 46.9 Å². The molecular weight excluding hydrogens is 301 g/mol. The van der Waals surface area contributed by atoms with E-state index in [-0.39, 0.29) is 11.7 Å². The van der Waals surface area contributed by atoms with E-state index in [0.717, 1.165) is 0 Å². The lowest BCUT2D eigenvalue weighted by Gasteiger charge is -2.08. The Bertz CT molecular complexity index is 609. The van der Waals surface area contributed by atoms with Crippen LogP contribution in [0.1, 0.15) is 15.9 Å². The minimum Gasteiger partial charge on any atom is -0.322 e. The van der Waals surface area contributed by atoms with Crippen LogP contribution in [0.4, 0.5) is 10.1 Å². The monoisotopic (exact) mass is 311 g/mol. The van der Waals surface area contributed by atoms with Crippen molar-refractivity contribution in [2.75, 3.05) is 5.32 Å². The molecule has 2 rings (SSSR count). The van der Waals surface area contributed by atoms with Gasteiger partial charge in [-0.3, -0.25) is 9.48 Å². The Morgan fingerprint density at radius 1 is 1.50 bits per heavy atom. The number of aryl methyl sites for hydroxylation is 2. The van der Waals surface area contributed by atoms with Gasteiger partial charge in [-0.15, -0.1) is 0 Å². The molecule has 0 aliphatic carbocycles. The molecule has 1 N–H and O–H groups in total. The summed E-state index contributed by atoms with van der Waals surface area (Å²) in [5, 5.41) is 6.64. The van der Waals surface area contributed by atoms with E-state index in [1.165, 1.54) is 12.3 Å². The van der Waals surface area contributed by atoms with Crippen molar-refractivity contribution >= 4 is 27.5 Å². The quantitative estimate of drug-likeness (QED) is 0.927. The lowest BCUT2D eigenvalue weighted by Crippen LogP contribution is -2.12. The summed E-state index contributed by atoms with van der Waals surface area (Å²) in [4.78, 5) is 11.9. The molecule has 0 saturated heterocycles. The second-order valence-electron chi connectivity index (χ2n) is 3.94. The molecule has 0 aliphatic rings. The van der Waals surface area contributed by atoms with Crippen molar-refractivity contribution in [2.24, 2.45) is 7.05 Å². The third-order valence-corrected chi connectivity index (χ3v) is 3.09. The Balaban J connectivity index is 2.24. The maximum Gasteiger partial charge on any atom is 0.258 e. The first-order valence-electron chi connectivity index (χ1n) is 5.23. The van der Waals surface area contributed by atoms with Gasteiger partial charge in [-0.2, -0.15) is 5.10 Å². The fourth-order valence-electron chi connectivity index (χ4n) is 1.51. The molecule has 4 nitrogen and oxygen atoms in total. The highest BCUT2D eigenvalue weighted by molar-refractivity contribution is 9.10. The van der Waals surface area contributed by atoms with E-state index in [2.05, 4.69) is 26.3 Å². The predicted molar refractivity (Wildman–Crippen MR) is 70.0 cm³/mol. The minimum atomic E-state index is -0.355. The van der Waals surface area contributed by atoms with Gasteiger partial charge in [0.1, 0.15) is 5.82 Å². The zero-order chi connectivity index (χ0) is 13.3. The van der Waals surface area contributed by atoms with Gasteiger partial charge in [0.15, 0.2) is 0 Å². The average Bonchev–Trinajstić information content (AvgIpc) is 2.73. The van der Waals surface area contributed by atoms with Crippen molar-refractivity contribution in [2.45, 2.75) is 6.92 Å². The van der Waals surface area contributed by atoms with Gasteiger partial charge in [-0.05, 0) is 40.5 Å². The van der Waals surface area contributed by atoms with Crippen molar-refractivity contribution in [1.82, 2.24) is 9.78 Å². The molecule has 0 radical (unpaired) electrons. The summed E-state index contributed by atoms with van der Waals surface area (Å²) >= 11 is 3.09. The second kappa shape index (κ2) is 4.89. The van der Waals surface area contributed by atoms with E-state index < -0.39 is 0 Å². The second-order valence-corrected chi connectivity index (χ2v) is 4.79. The number of hydrogen-bond donors (Lipinski definition) is 1. The molecule has 2 aromatic rings. The van der Waals surface area contributed by atoms with Crippen LogP contribution in [-0.4, -0.2) is 15.7 Å². The number of nitrogens with zero attached hydrogens (tertiary/aromatic N) is 2. The Morgan fingerprint density at radius 2 is 2.22 bits per heavy atom. The first kappa shape index (κ1) is 12.8. The number of aromatic nitrogens is 2. The maximum absolute atomic E-state index is 13.3. The van der Waals surface area contributed by atoms with Crippen molar-refractivity contribution in [1.29, 1.82) is 0 Å². The van der Waals surface area contributed by atoms with Crippen LogP contribution in [0.25, 0.3) is 0 Å². The minimum absolute atomic E-state index is 0.273. The average molecular weight is 312 g/mol. The van der Waals surface area contributed by atoms with Crippen LogP contribution in [0.2, 0.25) is 0 Å². The fourth-order valence-corrected chi connectivity index (χ4v) is 1.86. The molecule has 0 unspecified atom stereocenters. The summed E-state index contributed by atoms with van der Waals surface area (Å²) in [6.45, 7) is 1.73. The summed E-state index contributed by atoms with van der Waals surface area (Å²) in [5.41, 5.74) is 1.68. The molecule has 1 heterocycles. The lowest BCUT2D eigenvalue weighted by atomic mass is 10.2. The zero-order valence-electron chi connectivity index (χ0n) is 9.87. The van der Waals surface area contributed by atoms with Gasteiger partial charge >= 0.3 is 0 Å². The smallest absolute Gasteiger partial charge is 0.258 e. The molecule has 94 valence electrons. The molecule has 18 heavy (non-hydrogen) atoms. The summed E-state index contributed by atoms with van der Waals surface area (Å²) in [6.07, 6.45) is 3.09. The third-order valence-electron chi connectivity index (χ3n) is 2.48. The van der Waals surface area contributed by atoms with Gasteiger partial charge in [0.25, 0.3) is 5.91 Å². The van der Waals surface area contributed by atoms with Gasteiger partial charge in [0.2, 0.25) is 0 Å². The molecular formula is C12H11BrFN3O. The number of carbonyl (C=O) groups is 1. The standard InChI is InChI=1S/C12H11BrFN3O/c1-7-3-10(14)9(13)4-11(7)16-12(18)8-5-15-17(2)6-8/h3-6H,1-2H3,(H,16,18). The summed E-state index contributed by atoms with van der Waals surface area (Å²) in [6, 6.07) is 2.90. The van der Waals surface area contributed by atoms with Crippen LogP contribution in [0.15, 0.2) is 29.0 Å². The molecule has 0 bridgehead atoms. The van der Waals surface area contributed by atoms with Gasteiger partial charge < -0.3 is 5.32 Å². The highest BCUT2D eigenvalue weighted by Gasteiger charge is 2.11. The third kappa shape index (κ3) is 2.59. The normalized spacial score (nSPS) is 10.4. The maximum atomic E-state index is 13.3. The molecule has 1 aromatic heterocycles. The zero-order valence-corrected chi connectivity index (χ0v) is 11.5. The molecule has 6 heteroatoms. The number of amides is 1. The number of rotatable bonds is 2. The number of benzene rings is 1. The Morgan fingerprint density at radius 3 is 2.83 bits per heavy atom. The van der Waals surface area contributed by atoms with Crippen LogP contribution in [-0.2, 0) is 7.05 Å². The summed E-state index contributed by atoms with van der Waals surface area (Å²) in [7, 11) is 1.73. The van der Waals surface area contributed by atoms with E-state index in [4.69, 9.17) is 0 Å². The molecule has 0 aliphatic heterocycles. The molecule has 0 fully saturated rings. The highest BCUT2D eigenvalue weighted by atomic mass is 79.9. The van der Waals surface area contributed by atoms with Crippen LogP contribution >= 0.6 is 15.9 Å². The molecule has 0 spiro atoms. The van der Waals surface area contributed by atoms with Gasteiger partial charge in [-0.25, -0.2) is 4.39 Å². The summed E-state index contributed by atoms with van der Waals surface area (Å²) in [5.74, 6) is -0.628. The fraction of sp³-hybridized carbons (Fsp3) is 0.167. The number of carbonyl (C=O) groups excluding carboxylic acids is 1. The van der Waals surface area contributed by atoms with Crippen LogP contribution in [0.3, 0.4) is 0 Å². The van der Waals surface area contributed by atoms with Crippen molar-refractivity contribution in [3.8, 4) is 0 Å². The van der Waals surface area contributed by atoms with Gasteiger partial charge in [0.05, 0.1) is 16.2 Å². The van der Waals surface area contributed by atoms with Crippen LogP contribution < -0.4 is 5.32 Å². The number of hydrogen-bond acceptors (Lipinski definition) is 2. The lowest BCUT2D eigenvalue weighted by molar-refractivity contribution is 0.102. The van der Waals surface area contributed by atoms with E-state index in [9.17, 15) is 9.18 Å². The Hall–Kier alpha value is -1.69. The van der Waals surface area contributed by atoms with Crippen molar-refractivity contribution < 1.29 is 9.18 Å². The predicted octanol–water partition coefficient (Wildman–Crippen LogP) is 2.88. The molecule has 1 aromatic carbocycles. The number of halogens is 2. The highest BCUT2D eigenvalue weighted by Crippen LogP contribution is 2.24. The molecule has 0 atom stereocenters. The molecule has 1 amide bonds. The Kier molecular flexibility index (Phi) is 3.47. The van der Waals surface area contributed by atoms with Crippen molar-refractivity contribution in [3.05, 3.63) is 45.9 Å². The van der Waals surface area contributed by atoms with Crippen LogP contribution in [0, 0.1) is 12.7 Å². The Labute approximate surface area is 112 Å². The SMILES string of the molecule is Cc1cc(F)c(Br)cc1NC(=O)c1cnn(C)c1. The van der Waals surface area contributed by atoms with E-state index >= 15 is 0 Å². The number of nitrogens with one attached hydrogen (secondary N) is 1. The van der Waals surface area contributed by atoms with Gasteiger partial charge in [0, 0.05) is 18.9 Å². The first-order valence-corrected chi connectivity index (χ1v) is 6.02. The largest absolute Gasteiger partial charge is 0.322 e.